The first-order valence-electron chi connectivity index (χ1n) is 9.72. The second-order valence-electron chi connectivity index (χ2n) is 7.48. The van der Waals surface area contributed by atoms with Crippen LogP contribution in [-0.2, 0) is 9.53 Å². The fourth-order valence-electron chi connectivity index (χ4n) is 3.99. The Balaban J connectivity index is 1.67. The average molecular weight is 349 g/mol. The third kappa shape index (κ3) is 4.07. The molecule has 0 radical (unpaired) electrons. The van der Waals surface area contributed by atoms with Gasteiger partial charge < -0.3 is 4.74 Å². The van der Waals surface area contributed by atoms with E-state index in [1.165, 1.54) is 11.1 Å². The molecule has 3 rings (SSSR count). The lowest BCUT2D eigenvalue weighted by Crippen LogP contribution is -2.36. The smallest absolute Gasteiger partial charge is 0.316 e. The Morgan fingerprint density at radius 1 is 1.23 bits per heavy atom. The lowest BCUT2D eigenvalue weighted by molar-refractivity contribution is -0.160. The number of nitriles is 1. The van der Waals surface area contributed by atoms with Gasteiger partial charge in [0, 0.05) is 5.92 Å². The molecule has 1 unspecified atom stereocenters. The number of benzene rings is 1. The molecule has 3 heteroatoms. The highest BCUT2D eigenvalue weighted by molar-refractivity contribution is 5.84. The van der Waals surface area contributed by atoms with Gasteiger partial charge in [0.1, 0.15) is 6.10 Å². The maximum atomic E-state index is 13.0. The molecule has 1 fully saturated rings. The molecular formula is C23H27NO2. The molecule has 1 saturated carbocycles. The number of nitrogens with zero attached hydrogens (tertiary/aromatic N) is 1. The number of carbonyl (C=O) groups is 1. The second kappa shape index (κ2) is 8.36. The third-order valence-corrected chi connectivity index (χ3v) is 5.61. The Hall–Kier alpha value is -2.34. The monoisotopic (exact) mass is 349 g/mol. The van der Waals surface area contributed by atoms with Crippen LogP contribution >= 0.6 is 0 Å². The summed E-state index contributed by atoms with van der Waals surface area (Å²) >= 11 is 0. The first kappa shape index (κ1) is 18.5. The van der Waals surface area contributed by atoms with E-state index in [0.29, 0.717) is 6.42 Å². The lowest BCUT2D eigenvalue weighted by Gasteiger charge is -2.33. The summed E-state index contributed by atoms with van der Waals surface area (Å²) in [5, 5.41) is 9.02. The van der Waals surface area contributed by atoms with Crippen LogP contribution in [0.3, 0.4) is 0 Å². The zero-order valence-electron chi connectivity index (χ0n) is 15.5. The van der Waals surface area contributed by atoms with Crippen molar-refractivity contribution in [3.8, 4) is 6.07 Å². The molecule has 0 amide bonds. The Morgan fingerprint density at radius 3 is 2.54 bits per heavy atom. The average Bonchev–Trinajstić information content (AvgIpc) is 2.70. The minimum atomic E-state index is -0.543. The molecule has 26 heavy (non-hydrogen) atoms. The Bertz CT molecular complexity index is 720. The number of hydrogen-bond donors (Lipinski definition) is 0. The van der Waals surface area contributed by atoms with Crippen LogP contribution in [0.15, 0.2) is 48.6 Å². The van der Waals surface area contributed by atoms with Crippen LogP contribution in [0.5, 0.6) is 0 Å². The summed E-state index contributed by atoms with van der Waals surface area (Å²) in [4.78, 5) is 13.0. The summed E-state index contributed by atoms with van der Waals surface area (Å²) in [6.45, 7) is 2.11. The molecule has 136 valence electrons. The van der Waals surface area contributed by atoms with E-state index in [1.54, 1.807) is 0 Å². The molecule has 0 spiro atoms. The molecule has 0 heterocycles. The summed E-state index contributed by atoms with van der Waals surface area (Å²) in [7, 11) is 0. The van der Waals surface area contributed by atoms with Crippen molar-refractivity contribution in [2.24, 2.45) is 11.3 Å². The van der Waals surface area contributed by atoms with E-state index in [-0.39, 0.29) is 18.0 Å². The second-order valence-corrected chi connectivity index (χ2v) is 7.48. The van der Waals surface area contributed by atoms with Crippen molar-refractivity contribution in [1.29, 1.82) is 5.26 Å². The van der Waals surface area contributed by atoms with Gasteiger partial charge in [0.05, 0.1) is 11.5 Å². The van der Waals surface area contributed by atoms with Crippen LogP contribution in [0.25, 0.3) is 5.57 Å². The summed E-state index contributed by atoms with van der Waals surface area (Å²) in [5.41, 5.74) is 1.80. The highest BCUT2D eigenvalue weighted by atomic mass is 16.5. The predicted molar refractivity (Wildman–Crippen MR) is 103 cm³/mol. The zero-order valence-corrected chi connectivity index (χ0v) is 15.5. The summed E-state index contributed by atoms with van der Waals surface area (Å²) in [5.74, 6) is 0.0277. The summed E-state index contributed by atoms with van der Waals surface area (Å²) in [6, 6.07) is 12.6. The van der Waals surface area contributed by atoms with E-state index >= 15 is 0 Å². The van der Waals surface area contributed by atoms with E-state index in [9.17, 15) is 4.79 Å². The highest BCUT2D eigenvalue weighted by Crippen LogP contribution is 2.39. The van der Waals surface area contributed by atoms with Gasteiger partial charge in [-0.1, -0.05) is 61.9 Å². The third-order valence-electron chi connectivity index (χ3n) is 5.61. The van der Waals surface area contributed by atoms with E-state index in [4.69, 9.17) is 10.00 Å². The van der Waals surface area contributed by atoms with Crippen molar-refractivity contribution in [2.45, 2.75) is 58.0 Å². The van der Waals surface area contributed by atoms with Crippen LogP contribution in [0.4, 0.5) is 0 Å². The topological polar surface area (TPSA) is 50.1 Å². The van der Waals surface area contributed by atoms with E-state index < -0.39 is 5.41 Å². The van der Waals surface area contributed by atoms with Crippen molar-refractivity contribution in [2.75, 3.05) is 0 Å². The predicted octanol–water partition coefficient (Wildman–Crippen LogP) is 5.44. The number of allylic oxidation sites excluding steroid dienone is 3. The number of hydrogen-bond acceptors (Lipinski definition) is 3. The van der Waals surface area contributed by atoms with Crippen molar-refractivity contribution in [3.63, 3.8) is 0 Å². The van der Waals surface area contributed by atoms with Gasteiger partial charge in [-0.15, -0.1) is 0 Å². The minimum absolute atomic E-state index is 0.0336. The fourth-order valence-corrected chi connectivity index (χ4v) is 3.99. The quantitative estimate of drug-likeness (QED) is 0.665. The lowest BCUT2D eigenvalue weighted by atomic mass is 9.75. The normalized spacial score (nSPS) is 28.1. The fraction of sp³-hybridized carbons (Fsp3) is 0.478. The highest BCUT2D eigenvalue weighted by Gasteiger charge is 2.39. The van der Waals surface area contributed by atoms with Gasteiger partial charge in [-0.25, -0.2) is 0 Å². The number of rotatable bonds is 5. The molecule has 2 aliphatic rings. The summed E-state index contributed by atoms with van der Waals surface area (Å²) in [6.07, 6.45) is 12.0. The van der Waals surface area contributed by atoms with Crippen LogP contribution < -0.4 is 0 Å². The van der Waals surface area contributed by atoms with E-state index in [0.717, 1.165) is 38.5 Å². The van der Waals surface area contributed by atoms with Gasteiger partial charge in [0.15, 0.2) is 0 Å². The standard InChI is InChI=1S/C23H27NO2/c1-2-14-23(22(25)26-21-10-8-18(17-24)9-11-21)15-12-20(13-16-23)19-6-4-3-5-7-19/h3-7,12-13,15,18,21H,2,8-11,14,16H2,1H3. The number of carbonyl (C=O) groups excluding carboxylic acids is 1. The van der Waals surface area contributed by atoms with Gasteiger partial charge >= 0.3 is 5.97 Å². The minimum Gasteiger partial charge on any atom is -0.462 e. The molecule has 0 aromatic heterocycles. The van der Waals surface area contributed by atoms with Crippen molar-refractivity contribution in [3.05, 3.63) is 54.1 Å². The first-order chi connectivity index (χ1) is 12.7. The molecule has 3 nitrogen and oxygen atoms in total. The Labute approximate surface area is 156 Å². The van der Waals surface area contributed by atoms with Gasteiger partial charge in [-0.2, -0.15) is 5.26 Å². The van der Waals surface area contributed by atoms with Gasteiger partial charge in [0.2, 0.25) is 0 Å². The largest absolute Gasteiger partial charge is 0.462 e. The van der Waals surface area contributed by atoms with Crippen LogP contribution in [-0.4, -0.2) is 12.1 Å². The zero-order chi connectivity index (χ0) is 18.4. The SMILES string of the molecule is CCCC1(C(=O)OC2CCC(C#N)CC2)C=CC(c2ccccc2)=CC1. The molecule has 0 bridgehead atoms. The van der Waals surface area contributed by atoms with Crippen LogP contribution in [0.1, 0.15) is 57.4 Å². The van der Waals surface area contributed by atoms with Crippen molar-refractivity contribution >= 4 is 11.5 Å². The Kier molecular flexibility index (Phi) is 5.93. The Morgan fingerprint density at radius 2 is 1.96 bits per heavy atom. The van der Waals surface area contributed by atoms with Crippen molar-refractivity contribution in [1.82, 2.24) is 0 Å². The molecule has 2 aliphatic carbocycles. The van der Waals surface area contributed by atoms with E-state index in [1.807, 2.05) is 18.2 Å². The van der Waals surface area contributed by atoms with Gasteiger partial charge in [-0.05, 0) is 49.7 Å². The van der Waals surface area contributed by atoms with E-state index in [2.05, 4.69) is 43.4 Å². The summed E-state index contributed by atoms with van der Waals surface area (Å²) < 4.78 is 5.89. The number of esters is 1. The van der Waals surface area contributed by atoms with Crippen molar-refractivity contribution < 1.29 is 9.53 Å². The van der Waals surface area contributed by atoms with Gasteiger partial charge in [0.25, 0.3) is 0 Å². The molecule has 0 saturated heterocycles. The van der Waals surface area contributed by atoms with Crippen LogP contribution in [0.2, 0.25) is 0 Å². The molecule has 1 atom stereocenters. The molecular weight excluding hydrogens is 322 g/mol. The molecule has 1 aromatic rings. The van der Waals surface area contributed by atoms with Gasteiger partial charge in [-0.3, -0.25) is 4.79 Å². The molecule has 0 aliphatic heterocycles. The molecule has 1 aromatic carbocycles. The maximum absolute atomic E-state index is 13.0. The first-order valence-corrected chi connectivity index (χ1v) is 9.72. The number of ether oxygens (including phenoxy) is 1. The molecule has 0 N–H and O–H groups in total. The van der Waals surface area contributed by atoms with Crippen LogP contribution in [0, 0.1) is 22.7 Å². The maximum Gasteiger partial charge on any atom is 0.316 e.